The number of nitrogens with one attached hydrogen (secondary N) is 1. The molecule has 1 N–H and O–H groups in total. The molecule has 0 aromatic carbocycles. The summed E-state index contributed by atoms with van der Waals surface area (Å²) in [6.45, 7) is 1.92. The maximum absolute atomic E-state index is 11.5. The van der Waals surface area contributed by atoms with Crippen molar-refractivity contribution in [3.8, 4) is 12.3 Å². The van der Waals surface area contributed by atoms with E-state index in [0.717, 1.165) is 24.8 Å². The van der Waals surface area contributed by atoms with Crippen LogP contribution in [-0.4, -0.2) is 11.9 Å². The van der Waals surface area contributed by atoms with Gasteiger partial charge in [0.05, 0.1) is 0 Å². The highest BCUT2D eigenvalue weighted by molar-refractivity contribution is 5.93. The molecule has 1 rings (SSSR count). The molecule has 0 bridgehead atoms. The Morgan fingerprint density at radius 1 is 1.85 bits per heavy atom. The van der Waals surface area contributed by atoms with Crippen LogP contribution in [0.5, 0.6) is 0 Å². The Balaban J connectivity index is 2.37. The van der Waals surface area contributed by atoms with E-state index >= 15 is 0 Å². The van der Waals surface area contributed by atoms with E-state index in [1.165, 1.54) is 0 Å². The van der Waals surface area contributed by atoms with Crippen LogP contribution in [0.2, 0.25) is 0 Å². The highest BCUT2D eigenvalue weighted by atomic mass is 16.1. The number of carbonyl (C=O) groups is 1. The number of terminal acetylenes is 1. The van der Waals surface area contributed by atoms with E-state index in [-0.39, 0.29) is 11.9 Å². The maximum atomic E-state index is 11.5. The Labute approximate surface area is 79.4 Å². The molecule has 0 saturated carbocycles. The van der Waals surface area contributed by atoms with Gasteiger partial charge in [0.15, 0.2) is 0 Å². The molecule has 0 saturated heterocycles. The summed E-state index contributed by atoms with van der Waals surface area (Å²) in [5.74, 6) is 2.59. The number of hydrogen-bond acceptors (Lipinski definition) is 1. The second-order valence-electron chi connectivity index (χ2n) is 3.40. The summed E-state index contributed by atoms with van der Waals surface area (Å²) in [5.41, 5.74) is 0.920. The predicted molar refractivity (Wildman–Crippen MR) is 53.0 cm³/mol. The van der Waals surface area contributed by atoms with Crippen molar-refractivity contribution in [1.82, 2.24) is 5.32 Å². The zero-order chi connectivity index (χ0) is 9.68. The molecule has 1 aliphatic carbocycles. The number of amides is 1. The molecule has 13 heavy (non-hydrogen) atoms. The van der Waals surface area contributed by atoms with Crippen LogP contribution in [0.1, 0.15) is 32.6 Å². The van der Waals surface area contributed by atoms with Gasteiger partial charge in [-0.1, -0.05) is 6.08 Å². The Morgan fingerprint density at radius 3 is 3.15 bits per heavy atom. The lowest BCUT2D eigenvalue weighted by Crippen LogP contribution is -2.32. The van der Waals surface area contributed by atoms with Gasteiger partial charge in [-0.05, 0) is 26.2 Å². The summed E-state index contributed by atoms with van der Waals surface area (Å²) in [4.78, 5) is 11.5. The molecule has 0 aliphatic heterocycles. The molecule has 0 spiro atoms. The minimum Gasteiger partial charge on any atom is -0.349 e. The van der Waals surface area contributed by atoms with E-state index in [9.17, 15) is 4.79 Å². The second kappa shape index (κ2) is 4.71. The zero-order valence-corrected chi connectivity index (χ0v) is 7.97. The molecular weight excluding hydrogens is 162 g/mol. The molecule has 1 aliphatic rings. The number of allylic oxidation sites excluding steroid dienone is 1. The molecule has 2 heteroatoms. The van der Waals surface area contributed by atoms with Crippen molar-refractivity contribution in [2.45, 2.75) is 38.6 Å². The molecule has 0 aromatic rings. The van der Waals surface area contributed by atoms with Crippen molar-refractivity contribution in [3.05, 3.63) is 11.6 Å². The van der Waals surface area contributed by atoms with E-state index in [1.54, 1.807) is 0 Å². The summed E-state index contributed by atoms with van der Waals surface area (Å²) < 4.78 is 0. The van der Waals surface area contributed by atoms with Crippen LogP contribution in [0.4, 0.5) is 0 Å². The average Bonchev–Trinajstić information content (AvgIpc) is 2.55. The third-order valence-corrected chi connectivity index (χ3v) is 2.13. The molecule has 70 valence electrons. The molecule has 1 unspecified atom stereocenters. The van der Waals surface area contributed by atoms with Crippen molar-refractivity contribution < 1.29 is 4.79 Å². The smallest absolute Gasteiger partial charge is 0.247 e. The Kier molecular flexibility index (Phi) is 3.57. The first-order chi connectivity index (χ1) is 6.24. The van der Waals surface area contributed by atoms with Gasteiger partial charge in [0.25, 0.3) is 0 Å². The third kappa shape index (κ3) is 2.95. The van der Waals surface area contributed by atoms with Gasteiger partial charge in [0, 0.05) is 18.0 Å². The summed E-state index contributed by atoms with van der Waals surface area (Å²) >= 11 is 0. The predicted octanol–water partition coefficient (Wildman–Crippen LogP) is 1.62. The van der Waals surface area contributed by atoms with E-state index in [2.05, 4.69) is 11.2 Å². The Bertz CT molecular complexity index is 260. The molecule has 2 nitrogen and oxygen atoms in total. The van der Waals surface area contributed by atoms with Crippen molar-refractivity contribution >= 4 is 5.91 Å². The van der Waals surface area contributed by atoms with Gasteiger partial charge in [-0.15, -0.1) is 12.3 Å². The lowest BCUT2D eigenvalue weighted by Gasteiger charge is -2.10. The minimum absolute atomic E-state index is 0.0558. The average molecular weight is 177 g/mol. The summed E-state index contributed by atoms with van der Waals surface area (Å²) in [6.07, 6.45) is 10.8. The zero-order valence-electron chi connectivity index (χ0n) is 7.97. The summed E-state index contributed by atoms with van der Waals surface area (Å²) in [6, 6.07) is 0.0824. The Morgan fingerprint density at radius 2 is 2.62 bits per heavy atom. The highest BCUT2D eigenvalue weighted by Gasteiger charge is 2.14. The van der Waals surface area contributed by atoms with Gasteiger partial charge in [0.1, 0.15) is 0 Å². The second-order valence-corrected chi connectivity index (χ2v) is 3.40. The van der Waals surface area contributed by atoms with E-state index in [4.69, 9.17) is 6.42 Å². The van der Waals surface area contributed by atoms with Crippen LogP contribution in [-0.2, 0) is 4.79 Å². The fourth-order valence-corrected chi connectivity index (χ4v) is 1.42. The van der Waals surface area contributed by atoms with Crippen LogP contribution in [0.15, 0.2) is 11.6 Å². The van der Waals surface area contributed by atoms with E-state index in [0.29, 0.717) is 6.42 Å². The number of hydrogen-bond donors (Lipinski definition) is 1. The van der Waals surface area contributed by atoms with Crippen molar-refractivity contribution in [1.29, 1.82) is 0 Å². The standard InChI is InChI=1S/C11H15NO/c1-3-6-9(2)12-11(13)10-7-4-5-8-10/h1,7,9H,4-6,8H2,2H3,(H,12,13). The largest absolute Gasteiger partial charge is 0.349 e. The molecule has 0 aromatic heterocycles. The summed E-state index contributed by atoms with van der Waals surface area (Å²) in [5, 5.41) is 2.87. The molecule has 0 fully saturated rings. The fourth-order valence-electron chi connectivity index (χ4n) is 1.42. The van der Waals surface area contributed by atoms with Crippen molar-refractivity contribution in [2.24, 2.45) is 0 Å². The van der Waals surface area contributed by atoms with E-state index < -0.39 is 0 Å². The lowest BCUT2D eigenvalue weighted by molar-refractivity contribution is -0.118. The normalized spacial score (nSPS) is 17.4. The quantitative estimate of drug-likeness (QED) is 0.652. The van der Waals surface area contributed by atoms with E-state index in [1.807, 2.05) is 13.0 Å². The van der Waals surface area contributed by atoms with Gasteiger partial charge in [-0.25, -0.2) is 0 Å². The van der Waals surface area contributed by atoms with Gasteiger partial charge in [-0.2, -0.15) is 0 Å². The topological polar surface area (TPSA) is 29.1 Å². The fraction of sp³-hybridized carbons (Fsp3) is 0.545. The van der Waals surface area contributed by atoms with Crippen molar-refractivity contribution in [3.63, 3.8) is 0 Å². The van der Waals surface area contributed by atoms with Gasteiger partial charge >= 0.3 is 0 Å². The summed E-state index contributed by atoms with van der Waals surface area (Å²) in [7, 11) is 0. The first-order valence-electron chi connectivity index (χ1n) is 4.67. The van der Waals surface area contributed by atoms with Gasteiger partial charge in [0.2, 0.25) is 5.91 Å². The van der Waals surface area contributed by atoms with Crippen LogP contribution in [0.25, 0.3) is 0 Å². The molecular formula is C11H15NO. The first-order valence-corrected chi connectivity index (χ1v) is 4.67. The molecule has 1 atom stereocenters. The monoisotopic (exact) mass is 177 g/mol. The van der Waals surface area contributed by atoms with Crippen LogP contribution >= 0.6 is 0 Å². The maximum Gasteiger partial charge on any atom is 0.247 e. The van der Waals surface area contributed by atoms with Crippen LogP contribution in [0, 0.1) is 12.3 Å². The number of rotatable bonds is 3. The SMILES string of the molecule is C#CCC(C)NC(=O)C1=CCCC1. The number of carbonyl (C=O) groups excluding carboxylic acids is 1. The third-order valence-electron chi connectivity index (χ3n) is 2.13. The van der Waals surface area contributed by atoms with Crippen molar-refractivity contribution in [2.75, 3.05) is 0 Å². The van der Waals surface area contributed by atoms with Crippen LogP contribution in [0.3, 0.4) is 0 Å². The minimum atomic E-state index is 0.0558. The molecule has 0 radical (unpaired) electrons. The lowest BCUT2D eigenvalue weighted by atomic mass is 10.2. The van der Waals surface area contributed by atoms with Gasteiger partial charge in [-0.3, -0.25) is 4.79 Å². The van der Waals surface area contributed by atoms with Crippen LogP contribution < -0.4 is 5.32 Å². The van der Waals surface area contributed by atoms with Gasteiger partial charge < -0.3 is 5.32 Å². The highest BCUT2D eigenvalue weighted by Crippen LogP contribution is 2.17. The molecule has 1 amide bonds. The molecule has 0 heterocycles. The first kappa shape index (κ1) is 9.85. The Hall–Kier alpha value is -1.23.